The molecule has 1 N–H and O–H groups in total. The highest BCUT2D eigenvalue weighted by Crippen LogP contribution is 2.44. The molecule has 2 aromatic rings. The number of hydrogen-bond acceptors (Lipinski definition) is 3. The number of benzene rings is 2. The normalized spacial score (nSPS) is 15.7. The topological polar surface area (TPSA) is 40.5 Å². The second kappa shape index (κ2) is 7.97. The summed E-state index contributed by atoms with van der Waals surface area (Å²) in [6, 6.07) is 11.0. The van der Waals surface area contributed by atoms with Gasteiger partial charge in [0.1, 0.15) is 10.8 Å². The molecular formula is C21H19BrFNO2S2. The van der Waals surface area contributed by atoms with Crippen LogP contribution in [0.4, 0.5) is 10.1 Å². The van der Waals surface area contributed by atoms with Crippen molar-refractivity contribution >= 4 is 56.6 Å². The highest BCUT2D eigenvalue weighted by atomic mass is 79.9. The van der Waals surface area contributed by atoms with Crippen molar-refractivity contribution in [3.8, 4) is 0 Å². The van der Waals surface area contributed by atoms with E-state index in [0.29, 0.717) is 19.9 Å². The molecule has 0 spiro atoms. The predicted octanol–water partition coefficient (Wildman–Crippen LogP) is 6.29. The van der Waals surface area contributed by atoms with Gasteiger partial charge in [-0.3, -0.25) is 0 Å². The maximum atomic E-state index is 14.5. The van der Waals surface area contributed by atoms with Crippen LogP contribution in [0.25, 0.3) is 0 Å². The Labute approximate surface area is 181 Å². The molecule has 0 radical (unpaired) electrons. The number of carbonyl (C=O) groups is 1. The third-order valence-corrected chi connectivity index (χ3v) is 6.55. The number of thioether (sulfide) groups is 1. The van der Waals surface area contributed by atoms with Gasteiger partial charge in [-0.25, -0.2) is 9.18 Å². The van der Waals surface area contributed by atoms with Gasteiger partial charge in [-0.15, -0.1) is 0 Å². The minimum atomic E-state index is -1.06. The summed E-state index contributed by atoms with van der Waals surface area (Å²) in [5.41, 5.74) is 2.42. The van der Waals surface area contributed by atoms with E-state index in [4.69, 9.17) is 12.2 Å². The number of halogens is 2. The fourth-order valence-electron chi connectivity index (χ4n) is 2.87. The lowest BCUT2D eigenvalue weighted by Crippen LogP contribution is -2.33. The molecule has 1 aliphatic heterocycles. The van der Waals surface area contributed by atoms with E-state index < -0.39 is 5.97 Å². The third kappa shape index (κ3) is 4.47. The molecule has 0 saturated heterocycles. The molecule has 0 saturated carbocycles. The van der Waals surface area contributed by atoms with Gasteiger partial charge >= 0.3 is 5.97 Å². The van der Waals surface area contributed by atoms with Gasteiger partial charge in [0.05, 0.1) is 17.1 Å². The fourth-order valence-corrected chi connectivity index (χ4v) is 4.55. The highest BCUT2D eigenvalue weighted by molar-refractivity contribution is 9.10. The van der Waals surface area contributed by atoms with Crippen molar-refractivity contribution in [3.63, 3.8) is 0 Å². The summed E-state index contributed by atoms with van der Waals surface area (Å²) < 4.78 is 15.1. The molecule has 0 amide bonds. The summed E-state index contributed by atoms with van der Waals surface area (Å²) in [6.07, 6.45) is 1.11. The van der Waals surface area contributed by atoms with E-state index in [1.165, 1.54) is 17.8 Å². The van der Waals surface area contributed by atoms with Crippen molar-refractivity contribution in [2.24, 2.45) is 0 Å². The molecule has 0 aliphatic carbocycles. The van der Waals surface area contributed by atoms with Crippen LogP contribution in [-0.4, -0.2) is 16.1 Å². The molecule has 0 aromatic heterocycles. The van der Waals surface area contributed by atoms with Crippen LogP contribution in [0.5, 0.6) is 0 Å². The van der Waals surface area contributed by atoms with E-state index in [-0.39, 0.29) is 17.8 Å². The van der Waals surface area contributed by atoms with Gasteiger partial charge in [0.15, 0.2) is 0 Å². The number of carboxylic acid groups (broad SMARTS) is 1. The Morgan fingerprint density at radius 3 is 2.61 bits per heavy atom. The van der Waals surface area contributed by atoms with E-state index in [1.54, 1.807) is 12.1 Å². The SMILES string of the molecule is CC(C)(C)c1ccc2c(c1)N(Cc1ccc(Br)cc1F)C(=S)C(=CC(=O)O)S2. The van der Waals surface area contributed by atoms with E-state index >= 15 is 0 Å². The number of rotatable bonds is 3. The van der Waals surface area contributed by atoms with E-state index in [0.717, 1.165) is 22.2 Å². The maximum absolute atomic E-state index is 14.5. The summed E-state index contributed by atoms with van der Waals surface area (Å²) in [7, 11) is 0. The maximum Gasteiger partial charge on any atom is 0.329 e. The lowest BCUT2D eigenvalue weighted by molar-refractivity contribution is -0.131. The van der Waals surface area contributed by atoms with Crippen molar-refractivity contribution in [1.82, 2.24) is 0 Å². The van der Waals surface area contributed by atoms with Crippen LogP contribution in [0.1, 0.15) is 31.9 Å². The lowest BCUT2D eigenvalue weighted by Gasteiger charge is -2.34. The Kier molecular flexibility index (Phi) is 5.98. The number of anilines is 1. The van der Waals surface area contributed by atoms with Crippen molar-refractivity contribution in [3.05, 3.63) is 68.8 Å². The average molecular weight is 480 g/mol. The molecular weight excluding hydrogens is 461 g/mol. The summed E-state index contributed by atoms with van der Waals surface area (Å²) in [4.78, 5) is 14.8. The largest absolute Gasteiger partial charge is 0.478 e. The van der Waals surface area contributed by atoms with Crippen LogP contribution < -0.4 is 4.90 Å². The molecule has 0 bridgehead atoms. The number of carboxylic acids is 1. The van der Waals surface area contributed by atoms with Crippen LogP contribution in [0.3, 0.4) is 0 Å². The molecule has 3 rings (SSSR count). The third-order valence-electron chi connectivity index (χ3n) is 4.39. The summed E-state index contributed by atoms with van der Waals surface area (Å²) >= 11 is 10.2. The van der Waals surface area contributed by atoms with Crippen molar-refractivity contribution in [2.45, 2.75) is 37.6 Å². The molecule has 1 aliphatic rings. The number of aliphatic carboxylic acids is 1. The summed E-state index contributed by atoms with van der Waals surface area (Å²) in [6.45, 7) is 6.59. The van der Waals surface area contributed by atoms with Crippen molar-refractivity contribution < 1.29 is 14.3 Å². The molecule has 2 aromatic carbocycles. The molecule has 28 heavy (non-hydrogen) atoms. The standard InChI is InChI=1S/C21H19BrFNO2S2/c1-21(2,3)13-5-7-17-16(8-13)24(20(27)18(28-17)10-19(25)26)11-12-4-6-14(22)9-15(12)23/h4-10H,11H2,1-3H3,(H,25,26). The summed E-state index contributed by atoms with van der Waals surface area (Å²) in [5.74, 6) is -1.40. The van der Waals surface area contributed by atoms with Crippen molar-refractivity contribution in [1.29, 1.82) is 0 Å². The van der Waals surface area contributed by atoms with Crippen LogP contribution >= 0.6 is 39.9 Å². The summed E-state index contributed by atoms with van der Waals surface area (Å²) in [5, 5.41) is 9.20. The fraction of sp³-hybridized carbons (Fsp3) is 0.238. The number of nitrogens with zero attached hydrogens (tertiary/aromatic N) is 1. The molecule has 1 heterocycles. The Bertz CT molecular complexity index is 998. The van der Waals surface area contributed by atoms with Gasteiger partial charge < -0.3 is 10.0 Å². The quantitative estimate of drug-likeness (QED) is 0.413. The lowest BCUT2D eigenvalue weighted by atomic mass is 9.87. The van der Waals surface area contributed by atoms with E-state index in [9.17, 15) is 14.3 Å². The number of hydrogen-bond donors (Lipinski definition) is 1. The molecule has 0 fully saturated rings. The minimum Gasteiger partial charge on any atom is -0.478 e. The van der Waals surface area contributed by atoms with Gasteiger partial charge in [0.2, 0.25) is 0 Å². The first kappa shape index (κ1) is 21.0. The molecule has 7 heteroatoms. The zero-order valence-electron chi connectivity index (χ0n) is 15.6. The smallest absolute Gasteiger partial charge is 0.329 e. The van der Waals surface area contributed by atoms with Gasteiger partial charge in [0.25, 0.3) is 0 Å². The second-order valence-corrected chi connectivity index (χ2v) is 9.89. The number of thiocarbonyl (C=S) groups is 1. The van der Waals surface area contributed by atoms with E-state index in [1.807, 2.05) is 17.0 Å². The molecule has 0 unspecified atom stereocenters. The first-order chi connectivity index (χ1) is 13.1. The van der Waals surface area contributed by atoms with Crippen LogP contribution in [0.15, 0.2) is 56.7 Å². The zero-order valence-corrected chi connectivity index (χ0v) is 18.8. The van der Waals surface area contributed by atoms with Crippen LogP contribution in [-0.2, 0) is 16.8 Å². The van der Waals surface area contributed by atoms with Crippen molar-refractivity contribution in [2.75, 3.05) is 4.90 Å². The van der Waals surface area contributed by atoms with E-state index in [2.05, 4.69) is 42.8 Å². The Morgan fingerprint density at radius 1 is 1.29 bits per heavy atom. The monoisotopic (exact) mass is 479 g/mol. The predicted molar refractivity (Wildman–Crippen MR) is 120 cm³/mol. The average Bonchev–Trinajstić information content (AvgIpc) is 2.58. The minimum absolute atomic E-state index is 0.0625. The Morgan fingerprint density at radius 2 is 2.00 bits per heavy atom. The van der Waals surface area contributed by atoms with Crippen LogP contribution in [0.2, 0.25) is 0 Å². The first-order valence-electron chi connectivity index (χ1n) is 8.59. The zero-order chi connectivity index (χ0) is 20.6. The highest BCUT2D eigenvalue weighted by Gasteiger charge is 2.29. The number of fused-ring (bicyclic) bond motifs is 1. The molecule has 3 nitrogen and oxygen atoms in total. The Hall–Kier alpha value is -1.70. The molecule has 0 atom stereocenters. The van der Waals surface area contributed by atoms with Crippen LogP contribution in [0, 0.1) is 5.82 Å². The van der Waals surface area contributed by atoms with Gasteiger partial charge in [-0.05, 0) is 35.2 Å². The first-order valence-corrected chi connectivity index (χ1v) is 10.6. The molecule has 146 valence electrons. The van der Waals surface area contributed by atoms with Gasteiger partial charge in [0, 0.05) is 21.0 Å². The Balaban J connectivity index is 2.12. The van der Waals surface area contributed by atoms with Gasteiger partial charge in [-0.2, -0.15) is 0 Å². The van der Waals surface area contributed by atoms with Gasteiger partial charge in [-0.1, -0.05) is 72.8 Å². The second-order valence-electron chi connectivity index (χ2n) is 7.51.